The molecule has 7 heteroatoms. The second-order valence-electron chi connectivity index (χ2n) is 8.90. The smallest absolute Gasteiger partial charge is 0.276 e. The first-order chi connectivity index (χ1) is 16.5. The Bertz CT molecular complexity index is 1100. The monoisotopic (exact) mass is 461 g/mol. The Morgan fingerprint density at radius 2 is 1.68 bits per heavy atom. The zero-order valence-corrected chi connectivity index (χ0v) is 19.5. The molecule has 4 rings (SSSR count). The summed E-state index contributed by atoms with van der Waals surface area (Å²) in [5.41, 5.74) is 2.00. The Labute approximate surface area is 200 Å². The predicted molar refractivity (Wildman–Crippen MR) is 129 cm³/mol. The fraction of sp³-hybridized carbons (Fsp3) is 0.370. The number of aromatic hydroxyl groups is 1. The molecule has 0 spiro atoms. The molecule has 0 unspecified atom stereocenters. The van der Waals surface area contributed by atoms with Crippen LogP contribution < -0.4 is 4.74 Å². The molecule has 1 aromatic heterocycles. The van der Waals surface area contributed by atoms with Crippen molar-refractivity contribution < 1.29 is 19.7 Å². The highest BCUT2D eigenvalue weighted by Crippen LogP contribution is 2.43. The lowest BCUT2D eigenvalue weighted by molar-refractivity contribution is 0.0753. The van der Waals surface area contributed by atoms with Crippen molar-refractivity contribution in [3.05, 3.63) is 83.3 Å². The largest absolute Gasteiger partial charge is 0.491 e. The van der Waals surface area contributed by atoms with E-state index in [1.807, 2.05) is 48.5 Å². The first-order valence-electron chi connectivity index (χ1n) is 11.7. The number of rotatable bonds is 9. The van der Waals surface area contributed by atoms with Crippen LogP contribution in [0.25, 0.3) is 0 Å². The standard InChI is InChI=1S/C27H31N3O4/c1-30(16-17-31)26(33)23-24(34-19-20-10-4-2-5-11-20)25(32)29-22(28-23)18-27(14-8-9-15-27)21-12-6-3-7-13-21/h2-7,10-13,31H,8-9,14-19H2,1H3,(H,28,29,32). The van der Waals surface area contributed by atoms with E-state index in [0.717, 1.165) is 31.2 Å². The molecule has 0 aliphatic heterocycles. The third-order valence-electron chi connectivity index (χ3n) is 6.55. The number of benzene rings is 2. The summed E-state index contributed by atoms with van der Waals surface area (Å²) >= 11 is 0. The van der Waals surface area contributed by atoms with Gasteiger partial charge in [0.25, 0.3) is 11.8 Å². The SMILES string of the molecule is CN(CCO)C(=O)c1nc(CC2(c3ccccc3)CCCC2)nc(O)c1OCc1ccccc1. The molecule has 1 amide bonds. The molecule has 0 bridgehead atoms. The van der Waals surface area contributed by atoms with E-state index >= 15 is 0 Å². The summed E-state index contributed by atoms with van der Waals surface area (Å²) in [7, 11) is 1.58. The van der Waals surface area contributed by atoms with Gasteiger partial charge in [-0.25, -0.2) is 4.98 Å². The predicted octanol–water partition coefficient (Wildman–Crippen LogP) is 3.88. The molecule has 1 aliphatic rings. The van der Waals surface area contributed by atoms with E-state index in [9.17, 15) is 15.0 Å². The van der Waals surface area contributed by atoms with Gasteiger partial charge in [0.15, 0.2) is 5.69 Å². The number of ether oxygens (including phenoxy) is 1. The Hall–Kier alpha value is -3.45. The maximum Gasteiger partial charge on any atom is 0.276 e. The minimum Gasteiger partial charge on any atom is -0.491 e. The van der Waals surface area contributed by atoms with Gasteiger partial charge in [0, 0.05) is 25.4 Å². The number of carbonyl (C=O) groups is 1. The molecule has 2 N–H and O–H groups in total. The van der Waals surface area contributed by atoms with Gasteiger partial charge in [-0.1, -0.05) is 73.5 Å². The van der Waals surface area contributed by atoms with Crippen molar-refractivity contribution in [2.45, 2.75) is 44.1 Å². The van der Waals surface area contributed by atoms with Gasteiger partial charge < -0.3 is 19.8 Å². The van der Waals surface area contributed by atoms with E-state index in [1.165, 1.54) is 10.5 Å². The highest BCUT2D eigenvalue weighted by atomic mass is 16.5. The van der Waals surface area contributed by atoms with Gasteiger partial charge in [0.05, 0.1) is 6.61 Å². The summed E-state index contributed by atoms with van der Waals surface area (Å²) in [6.07, 6.45) is 4.75. The lowest BCUT2D eigenvalue weighted by atomic mass is 9.76. The van der Waals surface area contributed by atoms with Crippen LogP contribution in [-0.4, -0.2) is 51.2 Å². The molecule has 1 saturated carbocycles. The molecule has 1 heterocycles. The molecule has 1 fully saturated rings. The maximum atomic E-state index is 13.2. The number of likely N-dealkylation sites (N-methyl/N-ethyl adjacent to an activating group) is 1. The van der Waals surface area contributed by atoms with Crippen molar-refractivity contribution in [3.63, 3.8) is 0 Å². The van der Waals surface area contributed by atoms with Crippen molar-refractivity contribution in [2.75, 3.05) is 20.2 Å². The fourth-order valence-corrected chi connectivity index (χ4v) is 4.72. The number of aromatic nitrogens is 2. The van der Waals surface area contributed by atoms with E-state index in [0.29, 0.717) is 12.2 Å². The highest BCUT2D eigenvalue weighted by Gasteiger charge is 2.37. The Kier molecular flexibility index (Phi) is 7.43. The van der Waals surface area contributed by atoms with Gasteiger partial charge in [-0.2, -0.15) is 4.98 Å². The van der Waals surface area contributed by atoms with Crippen molar-refractivity contribution in [1.29, 1.82) is 0 Å². The third-order valence-corrected chi connectivity index (χ3v) is 6.55. The van der Waals surface area contributed by atoms with E-state index in [2.05, 4.69) is 22.1 Å². The summed E-state index contributed by atoms with van der Waals surface area (Å²) in [5, 5.41) is 20.1. The summed E-state index contributed by atoms with van der Waals surface area (Å²) in [6, 6.07) is 19.8. The van der Waals surface area contributed by atoms with E-state index in [-0.39, 0.29) is 42.5 Å². The normalized spacial score (nSPS) is 14.6. The Balaban J connectivity index is 1.69. The van der Waals surface area contributed by atoms with Crippen LogP contribution in [0.2, 0.25) is 0 Å². The van der Waals surface area contributed by atoms with Crippen LogP contribution in [0.1, 0.15) is 53.1 Å². The first kappa shape index (κ1) is 23.7. The molecule has 34 heavy (non-hydrogen) atoms. The number of amides is 1. The minimum atomic E-state index is -0.434. The van der Waals surface area contributed by atoms with Gasteiger partial charge >= 0.3 is 0 Å². The van der Waals surface area contributed by atoms with Crippen molar-refractivity contribution in [1.82, 2.24) is 14.9 Å². The van der Waals surface area contributed by atoms with E-state index < -0.39 is 5.91 Å². The van der Waals surface area contributed by atoms with Crippen LogP contribution in [0.3, 0.4) is 0 Å². The number of aliphatic hydroxyl groups is 1. The molecule has 0 radical (unpaired) electrons. The summed E-state index contributed by atoms with van der Waals surface area (Å²) in [6.45, 7) is 0.129. The van der Waals surface area contributed by atoms with Crippen LogP contribution in [0.4, 0.5) is 0 Å². The van der Waals surface area contributed by atoms with Crippen LogP contribution in [0, 0.1) is 0 Å². The van der Waals surface area contributed by atoms with Gasteiger partial charge in [-0.3, -0.25) is 4.79 Å². The molecule has 1 aliphatic carbocycles. The van der Waals surface area contributed by atoms with Crippen LogP contribution in [-0.2, 0) is 18.4 Å². The average Bonchev–Trinajstić information content (AvgIpc) is 3.33. The number of hydrogen-bond acceptors (Lipinski definition) is 6. The molecule has 7 nitrogen and oxygen atoms in total. The highest BCUT2D eigenvalue weighted by molar-refractivity contribution is 5.95. The lowest BCUT2D eigenvalue weighted by Gasteiger charge is -2.29. The van der Waals surface area contributed by atoms with Crippen molar-refractivity contribution in [3.8, 4) is 11.6 Å². The van der Waals surface area contributed by atoms with Gasteiger partial charge in [0.2, 0.25) is 5.75 Å². The van der Waals surface area contributed by atoms with Crippen LogP contribution in [0.5, 0.6) is 11.6 Å². The van der Waals surface area contributed by atoms with Crippen molar-refractivity contribution in [2.24, 2.45) is 0 Å². The van der Waals surface area contributed by atoms with Gasteiger partial charge in [-0.15, -0.1) is 0 Å². The quantitative estimate of drug-likeness (QED) is 0.502. The molecule has 178 valence electrons. The number of nitrogens with zero attached hydrogens (tertiary/aromatic N) is 3. The third kappa shape index (κ3) is 5.20. The molecular formula is C27H31N3O4. The number of carbonyl (C=O) groups excluding carboxylic acids is 1. The van der Waals surface area contributed by atoms with Crippen molar-refractivity contribution >= 4 is 5.91 Å². The maximum absolute atomic E-state index is 13.2. The molecule has 3 aromatic rings. The van der Waals surface area contributed by atoms with Gasteiger partial charge in [-0.05, 0) is 24.0 Å². The summed E-state index contributed by atoms with van der Waals surface area (Å²) < 4.78 is 5.85. The number of hydrogen-bond donors (Lipinski definition) is 2. The second kappa shape index (κ2) is 10.7. The summed E-state index contributed by atoms with van der Waals surface area (Å²) in [5.74, 6) is -0.405. The fourth-order valence-electron chi connectivity index (χ4n) is 4.72. The second-order valence-corrected chi connectivity index (χ2v) is 8.90. The zero-order valence-electron chi connectivity index (χ0n) is 19.5. The number of aliphatic hydroxyl groups excluding tert-OH is 1. The van der Waals surface area contributed by atoms with E-state index in [1.54, 1.807) is 7.05 Å². The Morgan fingerprint density at radius 1 is 1.03 bits per heavy atom. The summed E-state index contributed by atoms with van der Waals surface area (Å²) in [4.78, 5) is 23.5. The topological polar surface area (TPSA) is 95.8 Å². The molecule has 2 aromatic carbocycles. The molecule has 0 saturated heterocycles. The molecule has 0 atom stereocenters. The minimum absolute atomic E-state index is 0.00981. The van der Waals surface area contributed by atoms with Crippen LogP contribution >= 0.6 is 0 Å². The Morgan fingerprint density at radius 3 is 2.32 bits per heavy atom. The average molecular weight is 462 g/mol. The van der Waals surface area contributed by atoms with Crippen LogP contribution in [0.15, 0.2) is 60.7 Å². The van der Waals surface area contributed by atoms with E-state index in [4.69, 9.17) is 4.74 Å². The lowest BCUT2D eigenvalue weighted by Crippen LogP contribution is -2.32. The van der Waals surface area contributed by atoms with Gasteiger partial charge in [0.1, 0.15) is 12.4 Å². The molecular weight excluding hydrogens is 430 g/mol. The zero-order chi connectivity index (χ0) is 24.0. The first-order valence-corrected chi connectivity index (χ1v) is 11.7.